The van der Waals surface area contributed by atoms with Crippen molar-refractivity contribution in [2.75, 3.05) is 0 Å². The molecule has 0 unspecified atom stereocenters. The van der Waals surface area contributed by atoms with Gasteiger partial charge < -0.3 is 10.1 Å². The van der Waals surface area contributed by atoms with Crippen LogP contribution >= 0.6 is 0 Å². The van der Waals surface area contributed by atoms with Crippen LogP contribution < -0.4 is 10.1 Å². The van der Waals surface area contributed by atoms with Gasteiger partial charge in [-0.2, -0.15) is 18.4 Å². The quantitative estimate of drug-likeness (QED) is 0.869. The lowest BCUT2D eigenvalue weighted by Crippen LogP contribution is -2.26. The number of benzene rings is 2. The number of alkyl halides is 3. The number of halogens is 3. The molecule has 26 heavy (non-hydrogen) atoms. The van der Waals surface area contributed by atoms with Crippen molar-refractivity contribution in [2.24, 2.45) is 0 Å². The van der Waals surface area contributed by atoms with Gasteiger partial charge in [0.2, 0.25) is 5.91 Å². The summed E-state index contributed by atoms with van der Waals surface area (Å²) in [5.41, 5.74) is 0.775. The Balaban J connectivity index is 1.82. The van der Waals surface area contributed by atoms with Crippen molar-refractivity contribution < 1.29 is 22.7 Å². The van der Waals surface area contributed by atoms with E-state index in [0.717, 1.165) is 12.1 Å². The minimum atomic E-state index is -4.44. The van der Waals surface area contributed by atoms with E-state index in [1.54, 1.807) is 24.3 Å². The van der Waals surface area contributed by atoms with Crippen LogP contribution in [-0.2, 0) is 11.0 Å². The van der Waals surface area contributed by atoms with Crippen LogP contribution in [0.2, 0.25) is 0 Å². The fourth-order valence-electron chi connectivity index (χ4n) is 2.56. The molecule has 7 heteroatoms. The molecular weight excluding hydrogens is 345 g/mol. The van der Waals surface area contributed by atoms with E-state index in [1.807, 2.05) is 0 Å². The Labute approximate surface area is 147 Å². The zero-order valence-electron chi connectivity index (χ0n) is 13.4. The van der Waals surface area contributed by atoms with Gasteiger partial charge in [-0.15, -0.1) is 0 Å². The smallest absolute Gasteiger partial charge is 0.416 e. The number of amides is 1. The zero-order chi connectivity index (χ0) is 18.7. The topological polar surface area (TPSA) is 62.1 Å². The first-order chi connectivity index (χ1) is 12.4. The number of nitriles is 1. The Hall–Kier alpha value is -3.27. The maximum Gasteiger partial charge on any atom is 0.416 e. The monoisotopic (exact) mass is 358 g/mol. The molecule has 1 amide bonds. The van der Waals surface area contributed by atoms with Gasteiger partial charge >= 0.3 is 6.18 Å². The van der Waals surface area contributed by atoms with Gasteiger partial charge in [-0.1, -0.05) is 6.07 Å². The second-order valence-corrected chi connectivity index (χ2v) is 5.67. The van der Waals surface area contributed by atoms with Gasteiger partial charge in [0.15, 0.2) is 0 Å². The minimum Gasteiger partial charge on any atom is -0.457 e. The van der Waals surface area contributed by atoms with E-state index < -0.39 is 11.7 Å². The predicted molar refractivity (Wildman–Crippen MR) is 87.9 cm³/mol. The standard InChI is InChI=1S/C19H13F3N2O2/c20-19(21,22)14-2-1-3-16(10-14)26-15-7-4-12(5-8-15)18-13(11-23)6-9-17(25)24-18/h1-5,7-8,10H,6,9H2,(H,24,25). The Kier molecular flexibility index (Phi) is 4.67. The molecule has 2 aromatic carbocycles. The molecule has 0 bridgehead atoms. The molecule has 1 aliphatic rings. The number of carbonyl (C=O) groups is 1. The molecule has 1 N–H and O–H groups in total. The molecule has 0 fully saturated rings. The third-order valence-corrected chi connectivity index (χ3v) is 3.84. The molecule has 3 rings (SSSR count). The molecule has 0 radical (unpaired) electrons. The van der Waals surface area contributed by atoms with Crippen molar-refractivity contribution in [2.45, 2.75) is 19.0 Å². The lowest BCUT2D eigenvalue weighted by atomic mass is 9.99. The SMILES string of the molecule is N#CC1=C(c2ccc(Oc3cccc(C(F)(F)F)c3)cc2)NC(=O)CC1. The first kappa shape index (κ1) is 17.5. The third-order valence-electron chi connectivity index (χ3n) is 3.84. The number of allylic oxidation sites excluding steroid dienone is 1. The second kappa shape index (κ2) is 6.92. The lowest BCUT2D eigenvalue weighted by molar-refractivity contribution is -0.137. The first-order valence-corrected chi connectivity index (χ1v) is 7.75. The number of nitrogens with one attached hydrogen (secondary N) is 1. The molecular formula is C19H13F3N2O2. The maximum atomic E-state index is 12.7. The average molecular weight is 358 g/mol. The Morgan fingerprint density at radius 2 is 1.77 bits per heavy atom. The van der Waals surface area contributed by atoms with E-state index >= 15 is 0 Å². The first-order valence-electron chi connectivity index (χ1n) is 7.75. The molecule has 0 saturated heterocycles. The molecule has 132 valence electrons. The van der Waals surface area contributed by atoms with Crippen LogP contribution in [0, 0.1) is 11.3 Å². The summed E-state index contributed by atoms with van der Waals surface area (Å²) in [5, 5.41) is 11.9. The van der Waals surface area contributed by atoms with E-state index in [9.17, 15) is 23.2 Å². The van der Waals surface area contributed by atoms with Gasteiger partial charge in [-0.3, -0.25) is 4.79 Å². The lowest BCUT2D eigenvalue weighted by Gasteiger charge is -2.17. The van der Waals surface area contributed by atoms with Crippen molar-refractivity contribution in [1.82, 2.24) is 5.32 Å². The van der Waals surface area contributed by atoms with Crippen LogP contribution in [0.25, 0.3) is 5.70 Å². The summed E-state index contributed by atoms with van der Waals surface area (Å²) in [6.45, 7) is 0. The number of hydrogen-bond acceptors (Lipinski definition) is 3. The molecule has 0 saturated carbocycles. The van der Waals surface area contributed by atoms with Crippen LogP contribution in [0.15, 0.2) is 54.1 Å². The molecule has 4 nitrogen and oxygen atoms in total. The van der Waals surface area contributed by atoms with Crippen molar-refractivity contribution in [3.8, 4) is 17.6 Å². The number of rotatable bonds is 3. The van der Waals surface area contributed by atoms with E-state index in [2.05, 4.69) is 11.4 Å². The minimum absolute atomic E-state index is 0.0653. The van der Waals surface area contributed by atoms with Crippen LogP contribution in [0.3, 0.4) is 0 Å². The average Bonchev–Trinajstić information content (AvgIpc) is 2.62. The summed E-state index contributed by atoms with van der Waals surface area (Å²) < 4.78 is 43.7. The second-order valence-electron chi connectivity index (χ2n) is 5.67. The van der Waals surface area contributed by atoms with Gasteiger partial charge in [0, 0.05) is 6.42 Å². The summed E-state index contributed by atoms with van der Waals surface area (Å²) in [7, 11) is 0. The van der Waals surface area contributed by atoms with Crippen LogP contribution in [0.5, 0.6) is 11.5 Å². The molecule has 1 aliphatic heterocycles. The molecule has 1 heterocycles. The van der Waals surface area contributed by atoms with E-state index in [1.165, 1.54) is 12.1 Å². The normalized spacial score (nSPS) is 14.6. The third kappa shape index (κ3) is 3.86. The number of hydrogen-bond donors (Lipinski definition) is 1. The highest BCUT2D eigenvalue weighted by Crippen LogP contribution is 2.33. The van der Waals surface area contributed by atoms with Gasteiger partial charge in [0.25, 0.3) is 0 Å². The number of nitrogens with zero attached hydrogens (tertiary/aromatic N) is 1. The largest absolute Gasteiger partial charge is 0.457 e. The fourth-order valence-corrected chi connectivity index (χ4v) is 2.56. The highest BCUT2D eigenvalue weighted by atomic mass is 19.4. The predicted octanol–water partition coefficient (Wildman–Crippen LogP) is 4.64. The summed E-state index contributed by atoms with van der Waals surface area (Å²) >= 11 is 0. The highest BCUT2D eigenvalue weighted by Gasteiger charge is 2.30. The van der Waals surface area contributed by atoms with Crippen LogP contribution in [0.1, 0.15) is 24.0 Å². The van der Waals surface area contributed by atoms with Crippen molar-refractivity contribution in [3.05, 3.63) is 65.2 Å². The zero-order valence-corrected chi connectivity index (χ0v) is 13.4. The van der Waals surface area contributed by atoms with Gasteiger partial charge in [0.05, 0.1) is 22.9 Å². The summed E-state index contributed by atoms with van der Waals surface area (Å²) in [5.74, 6) is 0.244. The summed E-state index contributed by atoms with van der Waals surface area (Å²) in [6.07, 6.45) is -3.80. The van der Waals surface area contributed by atoms with Crippen molar-refractivity contribution in [1.29, 1.82) is 5.26 Å². The fraction of sp³-hybridized carbons (Fsp3) is 0.158. The Bertz CT molecular complexity index is 910. The Morgan fingerprint density at radius 3 is 2.42 bits per heavy atom. The number of ether oxygens (including phenoxy) is 1. The summed E-state index contributed by atoms with van der Waals surface area (Å²) in [4.78, 5) is 11.6. The Morgan fingerprint density at radius 1 is 1.04 bits per heavy atom. The molecule has 0 atom stereocenters. The van der Waals surface area contributed by atoms with Gasteiger partial charge in [-0.05, 0) is 54.4 Å². The molecule has 0 aromatic heterocycles. The van der Waals surface area contributed by atoms with Crippen molar-refractivity contribution >= 4 is 11.6 Å². The van der Waals surface area contributed by atoms with Crippen molar-refractivity contribution in [3.63, 3.8) is 0 Å². The van der Waals surface area contributed by atoms with E-state index in [0.29, 0.717) is 29.0 Å². The maximum absolute atomic E-state index is 12.7. The molecule has 2 aromatic rings. The van der Waals surface area contributed by atoms with E-state index in [-0.39, 0.29) is 18.1 Å². The van der Waals surface area contributed by atoms with Crippen LogP contribution in [0.4, 0.5) is 13.2 Å². The van der Waals surface area contributed by atoms with Crippen LogP contribution in [-0.4, -0.2) is 5.91 Å². The number of carbonyl (C=O) groups excluding carboxylic acids is 1. The van der Waals surface area contributed by atoms with E-state index in [4.69, 9.17) is 4.74 Å². The molecule has 0 spiro atoms. The molecule has 0 aliphatic carbocycles. The van der Waals surface area contributed by atoms with Gasteiger partial charge in [0.1, 0.15) is 11.5 Å². The highest BCUT2D eigenvalue weighted by molar-refractivity contribution is 5.91. The summed E-state index contributed by atoms with van der Waals surface area (Å²) in [6, 6.07) is 13.1. The van der Waals surface area contributed by atoms with Gasteiger partial charge in [-0.25, -0.2) is 0 Å².